The molecule has 5 N–H and O–H groups in total. The summed E-state index contributed by atoms with van der Waals surface area (Å²) in [4.78, 5) is 23.4. The van der Waals surface area contributed by atoms with Crippen LogP contribution in [0.1, 0.15) is 95.4 Å². The van der Waals surface area contributed by atoms with Crippen molar-refractivity contribution in [2.75, 3.05) is 22.1 Å². The van der Waals surface area contributed by atoms with E-state index < -0.39 is 6.09 Å². The number of nitrogens with one attached hydrogen (secondary N) is 4. The summed E-state index contributed by atoms with van der Waals surface area (Å²) in [6.07, 6.45) is 13.1. The third kappa shape index (κ3) is 5.90. The standard InChI is InChI=1S/C32H43N7O2/c1-20(22-15-10-16-22)34-28-26-29(37-30(36-28)27(33)35-32(40)41)38-31(39(26)19-21-11-4-2-5-12-21)25-18-9-8-17-24(25)23-13-6-3-7-14-23/h3,6-7,13-14,20-22,31H,2,4-5,8-12,15-19H2,1H3,(H2,33,35)(H,40,41)(H2,34,36,37,38)/t20-,31?/m1/s1. The smallest absolute Gasteiger partial charge is 0.410 e. The monoisotopic (exact) mass is 557 g/mol. The van der Waals surface area contributed by atoms with Gasteiger partial charge >= 0.3 is 6.09 Å². The van der Waals surface area contributed by atoms with Crippen molar-refractivity contribution in [2.24, 2.45) is 11.8 Å². The minimum absolute atomic E-state index is 0.0480. The van der Waals surface area contributed by atoms with Crippen molar-refractivity contribution >= 4 is 34.8 Å². The fraction of sp³-hybridized carbons (Fsp3) is 0.562. The van der Waals surface area contributed by atoms with E-state index in [0.717, 1.165) is 31.5 Å². The molecule has 1 aromatic carbocycles. The van der Waals surface area contributed by atoms with Crippen molar-refractivity contribution in [3.63, 3.8) is 0 Å². The van der Waals surface area contributed by atoms with Gasteiger partial charge in [-0.1, -0.05) is 56.0 Å². The lowest BCUT2D eigenvalue weighted by atomic mass is 9.80. The van der Waals surface area contributed by atoms with E-state index in [9.17, 15) is 9.90 Å². The first-order chi connectivity index (χ1) is 20.0. The number of hydrogen-bond acceptors (Lipinski definition) is 7. The van der Waals surface area contributed by atoms with Gasteiger partial charge in [0.05, 0.1) is 0 Å². The third-order valence-electron chi connectivity index (χ3n) is 9.58. The van der Waals surface area contributed by atoms with Crippen molar-refractivity contribution in [2.45, 2.75) is 96.2 Å². The average Bonchev–Trinajstić information content (AvgIpc) is 3.31. The summed E-state index contributed by atoms with van der Waals surface area (Å²) >= 11 is 0. The van der Waals surface area contributed by atoms with Crippen LogP contribution < -0.4 is 20.9 Å². The summed E-state index contributed by atoms with van der Waals surface area (Å²) in [7, 11) is 0. The summed E-state index contributed by atoms with van der Waals surface area (Å²) < 4.78 is 0. The Balaban J connectivity index is 1.44. The number of nitrogens with zero attached hydrogens (tertiary/aromatic N) is 3. The van der Waals surface area contributed by atoms with Gasteiger partial charge in [0, 0.05) is 12.6 Å². The zero-order valence-corrected chi connectivity index (χ0v) is 24.1. The molecule has 41 heavy (non-hydrogen) atoms. The maximum absolute atomic E-state index is 11.4. The number of carboxylic acid groups (broad SMARTS) is 1. The van der Waals surface area contributed by atoms with Crippen molar-refractivity contribution in [1.82, 2.24) is 15.3 Å². The number of amides is 1. The van der Waals surface area contributed by atoms with E-state index >= 15 is 0 Å². The molecule has 2 saturated carbocycles. The highest BCUT2D eigenvalue weighted by Crippen LogP contribution is 2.46. The first kappa shape index (κ1) is 27.5. The second-order valence-corrected chi connectivity index (χ2v) is 12.3. The largest absolute Gasteiger partial charge is 0.465 e. The van der Waals surface area contributed by atoms with Crippen LogP contribution in [0.3, 0.4) is 0 Å². The fourth-order valence-electron chi connectivity index (χ4n) is 7.13. The number of benzene rings is 1. The van der Waals surface area contributed by atoms with Gasteiger partial charge in [0.15, 0.2) is 23.3 Å². The van der Waals surface area contributed by atoms with Gasteiger partial charge in [0.1, 0.15) is 11.9 Å². The Morgan fingerprint density at radius 1 is 1.05 bits per heavy atom. The summed E-state index contributed by atoms with van der Waals surface area (Å²) in [5, 5.41) is 27.3. The molecule has 0 spiro atoms. The molecule has 0 saturated heterocycles. The van der Waals surface area contributed by atoms with Gasteiger partial charge in [-0.2, -0.15) is 0 Å². The van der Waals surface area contributed by atoms with Crippen LogP contribution in [0, 0.1) is 17.2 Å². The zero-order valence-electron chi connectivity index (χ0n) is 24.1. The van der Waals surface area contributed by atoms with Gasteiger partial charge in [-0.3, -0.25) is 10.7 Å². The van der Waals surface area contributed by atoms with Crippen LogP contribution in [0.4, 0.5) is 22.1 Å². The molecule has 2 atom stereocenters. The first-order valence-electron chi connectivity index (χ1n) is 15.6. The SMILES string of the molecule is C[C@@H](Nc1nc(C(=N)NC(=O)O)nc2c1N(CC1CCCCC1)C(C1=C(c3ccccc3)CCCC1)N2)C1CCC1. The van der Waals surface area contributed by atoms with Crippen LogP contribution in [0.5, 0.6) is 0 Å². The van der Waals surface area contributed by atoms with Crippen LogP contribution in [0.25, 0.3) is 5.57 Å². The van der Waals surface area contributed by atoms with E-state index in [-0.39, 0.29) is 23.9 Å². The molecule has 0 radical (unpaired) electrons. The molecule has 4 aliphatic rings. The van der Waals surface area contributed by atoms with Crippen molar-refractivity contribution in [3.8, 4) is 0 Å². The van der Waals surface area contributed by atoms with Crippen LogP contribution in [-0.2, 0) is 0 Å². The molecular formula is C32H43N7O2. The van der Waals surface area contributed by atoms with E-state index in [1.165, 1.54) is 74.5 Å². The van der Waals surface area contributed by atoms with E-state index in [1.54, 1.807) is 0 Å². The third-order valence-corrected chi connectivity index (χ3v) is 9.58. The lowest BCUT2D eigenvalue weighted by Gasteiger charge is -2.37. The molecule has 3 aliphatic carbocycles. The summed E-state index contributed by atoms with van der Waals surface area (Å²) in [6, 6.07) is 11.0. The summed E-state index contributed by atoms with van der Waals surface area (Å²) in [5.41, 5.74) is 5.08. The average molecular weight is 558 g/mol. The van der Waals surface area contributed by atoms with E-state index in [4.69, 9.17) is 15.4 Å². The highest BCUT2D eigenvalue weighted by atomic mass is 16.4. The van der Waals surface area contributed by atoms with Gasteiger partial charge in [0.2, 0.25) is 0 Å². The molecule has 1 aromatic heterocycles. The molecule has 1 amide bonds. The van der Waals surface area contributed by atoms with Gasteiger partial charge in [0.25, 0.3) is 0 Å². The number of fused-ring (bicyclic) bond motifs is 1. The van der Waals surface area contributed by atoms with E-state index in [1.807, 2.05) is 0 Å². The fourth-order valence-corrected chi connectivity index (χ4v) is 7.13. The lowest BCUT2D eigenvalue weighted by Crippen LogP contribution is -2.42. The lowest BCUT2D eigenvalue weighted by molar-refractivity contribution is 0.200. The number of hydrogen-bond donors (Lipinski definition) is 5. The Morgan fingerprint density at radius 3 is 2.51 bits per heavy atom. The van der Waals surface area contributed by atoms with Crippen molar-refractivity contribution in [3.05, 3.63) is 47.3 Å². The van der Waals surface area contributed by atoms with Crippen LogP contribution in [-0.4, -0.2) is 45.8 Å². The van der Waals surface area contributed by atoms with Gasteiger partial charge in [-0.05, 0) is 86.8 Å². The Kier molecular flexibility index (Phi) is 8.12. The normalized spacial score (nSPS) is 22.0. The zero-order chi connectivity index (χ0) is 28.3. The highest BCUT2D eigenvalue weighted by Gasteiger charge is 2.39. The van der Waals surface area contributed by atoms with Crippen molar-refractivity contribution in [1.29, 1.82) is 5.41 Å². The molecule has 9 nitrogen and oxygen atoms in total. The minimum Gasteiger partial charge on any atom is -0.465 e. The molecule has 9 heteroatoms. The number of rotatable bonds is 8. The van der Waals surface area contributed by atoms with Gasteiger partial charge < -0.3 is 20.6 Å². The number of allylic oxidation sites excluding steroid dienone is 1. The maximum Gasteiger partial charge on any atom is 0.410 e. The number of carbonyl (C=O) groups is 1. The van der Waals surface area contributed by atoms with Gasteiger partial charge in [-0.15, -0.1) is 0 Å². The minimum atomic E-state index is -1.29. The highest BCUT2D eigenvalue weighted by molar-refractivity contribution is 6.03. The molecule has 2 fully saturated rings. The van der Waals surface area contributed by atoms with Gasteiger partial charge in [-0.25, -0.2) is 14.8 Å². The van der Waals surface area contributed by atoms with E-state index in [0.29, 0.717) is 23.5 Å². The molecule has 2 aromatic rings. The molecule has 2 heterocycles. The predicted molar refractivity (Wildman–Crippen MR) is 164 cm³/mol. The molecule has 1 unspecified atom stereocenters. The Labute approximate surface area is 242 Å². The Bertz CT molecular complexity index is 1300. The topological polar surface area (TPSA) is 126 Å². The quantitative estimate of drug-likeness (QED) is 0.178. The van der Waals surface area contributed by atoms with Crippen LogP contribution in [0.2, 0.25) is 0 Å². The molecule has 0 bridgehead atoms. The molecule has 6 rings (SSSR count). The van der Waals surface area contributed by atoms with Crippen LogP contribution in [0.15, 0.2) is 35.9 Å². The molecule has 218 valence electrons. The van der Waals surface area contributed by atoms with Crippen molar-refractivity contribution < 1.29 is 9.90 Å². The number of amidine groups is 1. The Hall–Kier alpha value is -3.62. The van der Waals surface area contributed by atoms with E-state index in [2.05, 4.69) is 58.1 Å². The maximum atomic E-state index is 11.4. The molecular weight excluding hydrogens is 514 g/mol. The Morgan fingerprint density at radius 2 is 1.80 bits per heavy atom. The summed E-state index contributed by atoms with van der Waals surface area (Å²) in [5.74, 6) is 2.34. The second kappa shape index (κ2) is 12.1. The predicted octanol–water partition coefficient (Wildman–Crippen LogP) is 6.84. The van der Waals surface area contributed by atoms with Crippen LogP contribution >= 0.6 is 0 Å². The first-order valence-corrected chi connectivity index (χ1v) is 15.6. The summed E-state index contributed by atoms with van der Waals surface area (Å²) in [6.45, 7) is 3.14. The second-order valence-electron chi connectivity index (χ2n) is 12.3. The molecule has 1 aliphatic heterocycles. The number of anilines is 3. The number of aromatic nitrogens is 2.